The highest BCUT2D eigenvalue weighted by atomic mass is 16.6. The number of aryl methyl sites for hydroxylation is 1. The smallest absolute Gasteiger partial charge is 0.408 e. The topological polar surface area (TPSA) is 77.0 Å². The van der Waals surface area contributed by atoms with Gasteiger partial charge in [-0.3, -0.25) is 4.99 Å². The Morgan fingerprint density at radius 1 is 1.23 bits per heavy atom. The van der Waals surface area contributed by atoms with Crippen molar-refractivity contribution in [3.8, 4) is 0 Å². The minimum atomic E-state index is -0.833. The van der Waals surface area contributed by atoms with Crippen LogP contribution in [0.25, 0.3) is 0 Å². The lowest BCUT2D eigenvalue weighted by Gasteiger charge is -2.40. The molecule has 5 atom stereocenters. The summed E-state index contributed by atoms with van der Waals surface area (Å²) < 4.78 is 11.5. The third kappa shape index (κ3) is 3.54. The van der Waals surface area contributed by atoms with Crippen molar-refractivity contribution in [3.63, 3.8) is 0 Å². The van der Waals surface area contributed by atoms with Gasteiger partial charge in [-0.2, -0.15) is 0 Å². The Bertz CT molecular complexity index is 928. The molecule has 3 aliphatic rings. The van der Waals surface area contributed by atoms with Gasteiger partial charge in [-0.05, 0) is 51.5 Å². The molecule has 4 rings (SSSR count). The van der Waals surface area contributed by atoms with E-state index in [1.165, 1.54) is 0 Å². The highest BCUT2D eigenvalue weighted by molar-refractivity contribution is 6.01. The van der Waals surface area contributed by atoms with Gasteiger partial charge >= 0.3 is 12.1 Å². The second-order valence-electron chi connectivity index (χ2n) is 11.1. The summed E-state index contributed by atoms with van der Waals surface area (Å²) in [5.41, 5.74) is 2.15. The van der Waals surface area contributed by atoms with Gasteiger partial charge in [0.25, 0.3) is 0 Å². The van der Waals surface area contributed by atoms with Gasteiger partial charge in [0.05, 0.1) is 11.8 Å². The number of ether oxygens (including phenoxy) is 2. The number of rotatable bonds is 3. The Hall–Kier alpha value is -2.37. The van der Waals surface area contributed by atoms with Crippen LogP contribution in [0.1, 0.15) is 71.6 Å². The average molecular weight is 427 g/mol. The molecule has 2 saturated carbocycles. The monoisotopic (exact) mass is 426 g/mol. The van der Waals surface area contributed by atoms with Crippen LogP contribution in [0.3, 0.4) is 0 Å². The molecule has 1 heterocycles. The molecular formula is C25H34N2O4. The molecule has 2 aliphatic carbocycles. The van der Waals surface area contributed by atoms with Gasteiger partial charge < -0.3 is 14.8 Å². The predicted octanol–water partition coefficient (Wildman–Crippen LogP) is 4.75. The van der Waals surface area contributed by atoms with Crippen LogP contribution in [0.2, 0.25) is 0 Å². The van der Waals surface area contributed by atoms with E-state index < -0.39 is 23.8 Å². The number of aliphatic imine (C=N–C) groups is 1. The summed E-state index contributed by atoms with van der Waals surface area (Å²) in [6.07, 6.45) is 1.24. The van der Waals surface area contributed by atoms with Crippen LogP contribution in [0, 0.1) is 23.7 Å². The summed E-state index contributed by atoms with van der Waals surface area (Å²) in [5.74, 6) is -0.0988. The van der Waals surface area contributed by atoms with Crippen LogP contribution in [-0.2, 0) is 14.3 Å². The molecule has 1 aromatic rings. The molecule has 0 aromatic heterocycles. The summed E-state index contributed by atoms with van der Waals surface area (Å²) in [4.78, 5) is 30.8. The molecule has 0 unspecified atom stereocenters. The molecule has 6 nitrogen and oxygen atoms in total. The zero-order chi connectivity index (χ0) is 22.8. The summed E-state index contributed by atoms with van der Waals surface area (Å²) in [6, 6.07) is 6.27. The lowest BCUT2D eigenvalue weighted by Crippen LogP contribution is -2.50. The Morgan fingerprint density at radius 2 is 1.87 bits per heavy atom. The molecule has 168 valence electrons. The Kier molecular flexibility index (Phi) is 4.99. The number of benzene rings is 1. The zero-order valence-corrected chi connectivity index (χ0v) is 19.6. The zero-order valence-electron chi connectivity index (χ0n) is 19.6. The van der Waals surface area contributed by atoms with Crippen molar-refractivity contribution in [2.75, 3.05) is 0 Å². The predicted molar refractivity (Wildman–Crippen MR) is 119 cm³/mol. The maximum Gasteiger partial charge on any atom is 0.408 e. The molecule has 0 spiro atoms. The maximum atomic E-state index is 13.2. The van der Waals surface area contributed by atoms with Gasteiger partial charge in [-0.25, -0.2) is 9.59 Å². The van der Waals surface area contributed by atoms with Gasteiger partial charge in [0.15, 0.2) is 6.04 Å². The van der Waals surface area contributed by atoms with Crippen LogP contribution in [0.4, 0.5) is 4.79 Å². The van der Waals surface area contributed by atoms with E-state index in [1.54, 1.807) is 0 Å². The first-order valence-electron chi connectivity index (χ1n) is 11.2. The number of hydrogen-bond donors (Lipinski definition) is 1. The third-order valence-corrected chi connectivity index (χ3v) is 7.69. The molecule has 6 heteroatoms. The first kappa shape index (κ1) is 21.8. The van der Waals surface area contributed by atoms with Crippen molar-refractivity contribution >= 4 is 17.8 Å². The number of carbonyl (C=O) groups is 2. The number of nitrogens with zero attached hydrogens (tertiary/aromatic N) is 1. The highest BCUT2D eigenvalue weighted by Crippen LogP contribution is 2.65. The second kappa shape index (κ2) is 7.07. The van der Waals surface area contributed by atoms with E-state index in [-0.39, 0.29) is 22.9 Å². The summed E-state index contributed by atoms with van der Waals surface area (Å²) in [7, 11) is 0. The minimum absolute atomic E-state index is 0.0175. The van der Waals surface area contributed by atoms with E-state index in [1.807, 2.05) is 52.0 Å². The van der Waals surface area contributed by atoms with E-state index in [0.717, 1.165) is 29.7 Å². The fourth-order valence-electron chi connectivity index (χ4n) is 5.53. The number of esters is 1. The molecule has 0 radical (unpaired) electrons. The highest BCUT2D eigenvalue weighted by Gasteiger charge is 2.68. The lowest BCUT2D eigenvalue weighted by molar-refractivity contribution is -0.156. The number of hydrogen-bond acceptors (Lipinski definition) is 5. The van der Waals surface area contributed by atoms with E-state index >= 15 is 0 Å². The van der Waals surface area contributed by atoms with Crippen molar-refractivity contribution in [2.45, 2.75) is 85.1 Å². The lowest BCUT2D eigenvalue weighted by atomic mass is 9.70. The number of alkyl carbamates (subject to hydrolysis) is 1. The normalized spacial score (nSPS) is 32.0. The standard InChI is InChI=1S/C25H34N2O4/c1-14-8-10-15(11-9-14)17(27-22(29)31-23(2,3)4)19-21(28)30-20-18(26-19)16-12-13-25(20,7)24(16,5)6/h8-11,16-17,19-20H,12-13H2,1-7H3,(H,27,29)/t16-,17+,19-,20-,25+/m1/s1. The summed E-state index contributed by atoms with van der Waals surface area (Å²) in [6.45, 7) is 14.2. The number of fused-ring (bicyclic) bond motifs is 5. The summed E-state index contributed by atoms with van der Waals surface area (Å²) >= 11 is 0. The fourth-order valence-corrected chi connectivity index (χ4v) is 5.53. The number of carbonyl (C=O) groups excluding carboxylic acids is 2. The minimum Gasteiger partial charge on any atom is -0.454 e. The van der Waals surface area contributed by atoms with E-state index in [9.17, 15) is 9.59 Å². The molecular weight excluding hydrogens is 392 g/mol. The molecule has 1 N–H and O–H groups in total. The van der Waals surface area contributed by atoms with Crippen LogP contribution in [0.15, 0.2) is 29.3 Å². The first-order chi connectivity index (χ1) is 14.3. The Labute approximate surface area is 184 Å². The molecule has 31 heavy (non-hydrogen) atoms. The van der Waals surface area contributed by atoms with Crippen LogP contribution in [0.5, 0.6) is 0 Å². The SMILES string of the molecule is Cc1ccc([C@H](NC(=O)OC(C)(C)C)[C@H]2N=C3[C@H]4CC[C@@](C)([C@@H]3OC2=O)C4(C)C)cc1. The molecule has 1 aromatic carbocycles. The van der Waals surface area contributed by atoms with Gasteiger partial charge in [-0.1, -0.05) is 50.6 Å². The Balaban J connectivity index is 1.71. The maximum absolute atomic E-state index is 13.2. The van der Waals surface area contributed by atoms with Crippen LogP contribution >= 0.6 is 0 Å². The van der Waals surface area contributed by atoms with Gasteiger partial charge in [0.2, 0.25) is 0 Å². The van der Waals surface area contributed by atoms with Crippen LogP contribution in [-0.4, -0.2) is 35.5 Å². The van der Waals surface area contributed by atoms with Crippen molar-refractivity contribution in [1.82, 2.24) is 5.32 Å². The van der Waals surface area contributed by atoms with Gasteiger partial charge in [0.1, 0.15) is 11.7 Å². The number of nitrogens with one attached hydrogen (secondary N) is 1. The van der Waals surface area contributed by atoms with Crippen molar-refractivity contribution in [1.29, 1.82) is 0 Å². The second-order valence-corrected chi connectivity index (χ2v) is 11.1. The molecule has 2 fully saturated rings. The molecule has 0 saturated heterocycles. The van der Waals surface area contributed by atoms with Crippen molar-refractivity contribution < 1.29 is 19.1 Å². The van der Waals surface area contributed by atoms with Crippen LogP contribution < -0.4 is 5.32 Å². The largest absolute Gasteiger partial charge is 0.454 e. The van der Waals surface area contributed by atoms with Crippen molar-refractivity contribution in [2.24, 2.45) is 21.7 Å². The molecule has 1 amide bonds. The van der Waals surface area contributed by atoms with E-state index in [2.05, 4.69) is 26.1 Å². The van der Waals surface area contributed by atoms with Gasteiger partial charge in [-0.15, -0.1) is 0 Å². The molecule has 2 bridgehead atoms. The number of amides is 1. The first-order valence-corrected chi connectivity index (χ1v) is 11.2. The van der Waals surface area contributed by atoms with E-state index in [0.29, 0.717) is 5.92 Å². The molecule has 1 aliphatic heterocycles. The average Bonchev–Trinajstić information content (AvgIpc) is 2.97. The third-order valence-electron chi connectivity index (χ3n) is 7.69. The summed E-state index contributed by atoms with van der Waals surface area (Å²) in [5, 5.41) is 2.89. The van der Waals surface area contributed by atoms with Gasteiger partial charge in [0, 0.05) is 11.3 Å². The quantitative estimate of drug-likeness (QED) is 0.708. The fraction of sp³-hybridized carbons (Fsp3) is 0.640. The van der Waals surface area contributed by atoms with E-state index in [4.69, 9.17) is 14.5 Å². The van der Waals surface area contributed by atoms with Crippen molar-refractivity contribution in [3.05, 3.63) is 35.4 Å². The Morgan fingerprint density at radius 3 is 2.48 bits per heavy atom.